The standard InChI is InChI=1S/C21H17IO3/c1-24-21(23)18-4-2-15(3-5-18)14-25-20-12-8-17(9-13-20)16-6-10-19(22)11-7-16/h2-13H,14H2,1H3. The van der Waals surface area contributed by atoms with E-state index in [0.717, 1.165) is 16.9 Å². The van der Waals surface area contributed by atoms with Gasteiger partial charge in [-0.2, -0.15) is 0 Å². The zero-order chi connectivity index (χ0) is 17.6. The van der Waals surface area contributed by atoms with E-state index < -0.39 is 0 Å². The maximum atomic E-state index is 11.4. The number of hydrogen-bond acceptors (Lipinski definition) is 3. The first-order chi connectivity index (χ1) is 12.2. The van der Waals surface area contributed by atoms with Gasteiger partial charge in [0.15, 0.2) is 0 Å². The second-order valence-corrected chi connectivity index (χ2v) is 6.75. The fourth-order valence-electron chi connectivity index (χ4n) is 2.41. The summed E-state index contributed by atoms with van der Waals surface area (Å²) in [7, 11) is 1.37. The lowest BCUT2D eigenvalue weighted by atomic mass is 10.1. The van der Waals surface area contributed by atoms with Crippen LogP contribution >= 0.6 is 22.6 Å². The Labute approximate surface area is 160 Å². The van der Waals surface area contributed by atoms with E-state index in [1.165, 1.54) is 16.2 Å². The predicted molar refractivity (Wildman–Crippen MR) is 107 cm³/mol. The van der Waals surface area contributed by atoms with Crippen molar-refractivity contribution < 1.29 is 14.3 Å². The minimum Gasteiger partial charge on any atom is -0.489 e. The lowest BCUT2D eigenvalue weighted by Gasteiger charge is -2.08. The van der Waals surface area contributed by atoms with Gasteiger partial charge in [-0.1, -0.05) is 36.4 Å². The fraction of sp³-hybridized carbons (Fsp3) is 0.0952. The van der Waals surface area contributed by atoms with E-state index in [-0.39, 0.29) is 5.97 Å². The molecule has 3 aromatic carbocycles. The van der Waals surface area contributed by atoms with Crippen molar-refractivity contribution in [2.24, 2.45) is 0 Å². The molecular formula is C21H17IO3. The number of ether oxygens (including phenoxy) is 2. The molecule has 0 N–H and O–H groups in total. The highest BCUT2D eigenvalue weighted by molar-refractivity contribution is 14.1. The molecule has 0 atom stereocenters. The molecule has 0 saturated carbocycles. The maximum Gasteiger partial charge on any atom is 0.337 e. The summed E-state index contributed by atoms with van der Waals surface area (Å²) in [5.74, 6) is 0.477. The molecule has 3 rings (SSSR count). The van der Waals surface area contributed by atoms with Crippen LogP contribution in [0.2, 0.25) is 0 Å². The number of benzene rings is 3. The molecule has 126 valence electrons. The molecule has 0 spiro atoms. The van der Waals surface area contributed by atoms with Crippen LogP contribution < -0.4 is 4.74 Å². The molecular weight excluding hydrogens is 427 g/mol. The molecule has 3 aromatic rings. The number of halogens is 1. The van der Waals surface area contributed by atoms with Crippen LogP contribution in [0.4, 0.5) is 0 Å². The van der Waals surface area contributed by atoms with Gasteiger partial charge in [0, 0.05) is 3.57 Å². The minimum absolute atomic E-state index is 0.335. The summed E-state index contributed by atoms with van der Waals surface area (Å²) in [4.78, 5) is 11.4. The normalized spacial score (nSPS) is 10.3. The highest BCUT2D eigenvalue weighted by atomic mass is 127. The molecule has 0 unspecified atom stereocenters. The number of methoxy groups -OCH3 is 1. The maximum absolute atomic E-state index is 11.4. The molecule has 0 amide bonds. The number of carbonyl (C=O) groups excluding carboxylic acids is 1. The molecule has 0 radical (unpaired) electrons. The van der Waals surface area contributed by atoms with Gasteiger partial charge in [-0.05, 0) is 75.7 Å². The molecule has 0 heterocycles. The van der Waals surface area contributed by atoms with Crippen molar-refractivity contribution in [1.29, 1.82) is 0 Å². The number of rotatable bonds is 5. The van der Waals surface area contributed by atoms with E-state index in [1.54, 1.807) is 12.1 Å². The molecule has 0 aromatic heterocycles. The van der Waals surface area contributed by atoms with Crippen LogP contribution in [0.25, 0.3) is 11.1 Å². The van der Waals surface area contributed by atoms with Crippen molar-refractivity contribution in [3.05, 3.63) is 87.5 Å². The Morgan fingerprint density at radius 1 is 0.840 bits per heavy atom. The van der Waals surface area contributed by atoms with Crippen LogP contribution in [-0.2, 0) is 11.3 Å². The first kappa shape index (κ1) is 17.5. The van der Waals surface area contributed by atoms with Crippen LogP contribution in [-0.4, -0.2) is 13.1 Å². The molecule has 0 fully saturated rings. The van der Waals surface area contributed by atoms with Crippen molar-refractivity contribution >= 4 is 28.6 Å². The molecule has 0 aliphatic carbocycles. The summed E-state index contributed by atoms with van der Waals surface area (Å²) in [6.07, 6.45) is 0. The summed E-state index contributed by atoms with van der Waals surface area (Å²) in [6.45, 7) is 0.449. The lowest BCUT2D eigenvalue weighted by molar-refractivity contribution is 0.0600. The largest absolute Gasteiger partial charge is 0.489 e. The Balaban J connectivity index is 1.62. The molecule has 25 heavy (non-hydrogen) atoms. The van der Waals surface area contributed by atoms with E-state index >= 15 is 0 Å². The summed E-state index contributed by atoms with van der Waals surface area (Å²) in [5, 5.41) is 0. The Kier molecular flexibility index (Phi) is 5.71. The zero-order valence-electron chi connectivity index (χ0n) is 13.7. The summed E-state index contributed by atoms with van der Waals surface area (Å²) in [5.41, 5.74) is 3.87. The summed E-state index contributed by atoms with van der Waals surface area (Å²) >= 11 is 2.30. The Morgan fingerprint density at radius 2 is 1.40 bits per heavy atom. The van der Waals surface area contributed by atoms with Gasteiger partial charge in [0.25, 0.3) is 0 Å². The zero-order valence-corrected chi connectivity index (χ0v) is 15.9. The van der Waals surface area contributed by atoms with Gasteiger partial charge in [0.05, 0.1) is 12.7 Å². The second kappa shape index (κ2) is 8.16. The smallest absolute Gasteiger partial charge is 0.337 e. The van der Waals surface area contributed by atoms with Crippen molar-refractivity contribution in [3.8, 4) is 16.9 Å². The van der Waals surface area contributed by atoms with Gasteiger partial charge < -0.3 is 9.47 Å². The molecule has 4 heteroatoms. The third-order valence-corrected chi connectivity index (χ3v) is 4.53. The molecule has 0 saturated heterocycles. The van der Waals surface area contributed by atoms with E-state index in [4.69, 9.17) is 4.74 Å². The van der Waals surface area contributed by atoms with E-state index in [1.807, 2.05) is 24.3 Å². The monoisotopic (exact) mass is 444 g/mol. The first-order valence-corrected chi connectivity index (χ1v) is 8.89. The predicted octanol–water partition coefficient (Wildman–Crippen LogP) is 5.32. The van der Waals surface area contributed by atoms with Crippen LogP contribution in [0.5, 0.6) is 5.75 Å². The summed E-state index contributed by atoms with van der Waals surface area (Å²) < 4.78 is 11.7. The van der Waals surface area contributed by atoms with Gasteiger partial charge in [-0.15, -0.1) is 0 Å². The van der Waals surface area contributed by atoms with Gasteiger partial charge >= 0.3 is 5.97 Å². The fourth-order valence-corrected chi connectivity index (χ4v) is 2.77. The molecule has 3 nitrogen and oxygen atoms in total. The Bertz CT molecular complexity index is 838. The van der Waals surface area contributed by atoms with Crippen molar-refractivity contribution in [1.82, 2.24) is 0 Å². The van der Waals surface area contributed by atoms with Crippen LogP contribution in [0.1, 0.15) is 15.9 Å². The van der Waals surface area contributed by atoms with Crippen LogP contribution in [0.15, 0.2) is 72.8 Å². The van der Waals surface area contributed by atoms with E-state index in [2.05, 4.69) is 63.7 Å². The third kappa shape index (κ3) is 4.60. The van der Waals surface area contributed by atoms with Crippen molar-refractivity contribution in [3.63, 3.8) is 0 Å². The minimum atomic E-state index is -0.335. The number of esters is 1. The molecule has 0 aliphatic rings. The van der Waals surface area contributed by atoms with Crippen LogP contribution in [0.3, 0.4) is 0 Å². The van der Waals surface area contributed by atoms with Gasteiger partial charge in [0.2, 0.25) is 0 Å². The highest BCUT2D eigenvalue weighted by Gasteiger charge is 2.05. The number of carbonyl (C=O) groups is 1. The number of hydrogen-bond donors (Lipinski definition) is 0. The van der Waals surface area contributed by atoms with Crippen molar-refractivity contribution in [2.45, 2.75) is 6.61 Å². The van der Waals surface area contributed by atoms with Gasteiger partial charge in [0.1, 0.15) is 12.4 Å². The topological polar surface area (TPSA) is 35.5 Å². The highest BCUT2D eigenvalue weighted by Crippen LogP contribution is 2.23. The second-order valence-electron chi connectivity index (χ2n) is 5.51. The average molecular weight is 444 g/mol. The molecule has 0 aliphatic heterocycles. The van der Waals surface area contributed by atoms with Crippen molar-refractivity contribution in [2.75, 3.05) is 7.11 Å². The quantitative estimate of drug-likeness (QED) is 0.395. The molecule has 0 bridgehead atoms. The van der Waals surface area contributed by atoms with E-state index in [0.29, 0.717) is 12.2 Å². The summed E-state index contributed by atoms with van der Waals surface area (Å²) in [6, 6.07) is 23.7. The van der Waals surface area contributed by atoms with Gasteiger partial charge in [-0.3, -0.25) is 0 Å². The third-order valence-electron chi connectivity index (χ3n) is 3.81. The van der Waals surface area contributed by atoms with E-state index in [9.17, 15) is 4.79 Å². The Hall–Kier alpha value is -2.34. The first-order valence-electron chi connectivity index (χ1n) is 7.82. The van der Waals surface area contributed by atoms with Crippen LogP contribution in [0, 0.1) is 3.57 Å². The average Bonchev–Trinajstić information content (AvgIpc) is 2.67. The SMILES string of the molecule is COC(=O)c1ccc(COc2ccc(-c3ccc(I)cc3)cc2)cc1. The lowest BCUT2D eigenvalue weighted by Crippen LogP contribution is -2.01. The Morgan fingerprint density at radius 3 is 1.96 bits per heavy atom. The van der Waals surface area contributed by atoms with Gasteiger partial charge in [-0.25, -0.2) is 4.79 Å².